The van der Waals surface area contributed by atoms with Crippen molar-refractivity contribution in [3.8, 4) is 0 Å². The molecule has 0 saturated heterocycles. The average molecular weight is 448 g/mol. The van der Waals surface area contributed by atoms with Crippen LogP contribution in [0.3, 0.4) is 0 Å². The van der Waals surface area contributed by atoms with E-state index < -0.39 is 11.7 Å². The van der Waals surface area contributed by atoms with Crippen molar-refractivity contribution in [3.05, 3.63) is 87.6 Å². The molecule has 9 heteroatoms. The number of amidine groups is 1. The Kier molecular flexibility index (Phi) is 5.71. The number of carbonyl (C=O) groups is 1. The summed E-state index contributed by atoms with van der Waals surface area (Å²) in [5, 5.41) is 4.96. The molecule has 146 valence electrons. The van der Waals surface area contributed by atoms with Crippen LogP contribution in [-0.2, 0) is 10.5 Å². The van der Waals surface area contributed by atoms with Crippen molar-refractivity contribution >= 4 is 57.8 Å². The molecule has 4 rings (SSSR count). The highest BCUT2D eigenvalue weighted by Gasteiger charge is 2.33. The number of rotatable bonds is 4. The van der Waals surface area contributed by atoms with Gasteiger partial charge in [0.2, 0.25) is 0 Å². The fourth-order valence-corrected chi connectivity index (χ4v) is 3.85. The molecule has 0 saturated carbocycles. The zero-order valence-corrected chi connectivity index (χ0v) is 17.0. The number of halogens is 3. The number of hydrogen-bond acceptors (Lipinski definition) is 5. The molecule has 0 unspecified atom stereocenters. The topological polar surface area (TPSA) is 58.7 Å². The molecular formula is C20H12Cl2FN3O2S. The van der Waals surface area contributed by atoms with Crippen LogP contribution in [-0.4, -0.2) is 16.2 Å². The van der Waals surface area contributed by atoms with E-state index >= 15 is 0 Å². The lowest BCUT2D eigenvalue weighted by Gasteiger charge is -2.18. The fourth-order valence-electron chi connectivity index (χ4n) is 2.65. The summed E-state index contributed by atoms with van der Waals surface area (Å²) in [4.78, 5) is 18.7. The first-order valence-electron chi connectivity index (χ1n) is 8.39. The molecule has 0 radical (unpaired) electrons. The van der Waals surface area contributed by atoms with Crippen LogP contribution in [0.25, 0.3) is 6.08 Å². The number of benzene rings is 2. The van der Waals surface area contributed by atoms with Gasteiger partial charge in [0.1, 0.15) is 17.8 Å². The van der Waals surface area contributed by atoms with E-state index in [2.05, 4.69) is 10.1 Å². The van der Waals surface area contributed by atoms with Gasteiger partial charge in [-0.1, -0.05) is 58.3 Å². The zero-order chi connectivity index (χ0) is 20.4. The van der Waals surface area contributed by atoms with Gasteiger partial charge in [-0.05, 0) is 35.9 Å². The lowest BCUT2D eigenvalue weighted by molar-refractivity contribution is -0.113. The van der Waals surface area contributed by atoms with Gasteiger partial charge in [-0.3, -0.25) is 9.69 Å². The van der Waals surface area contributed by atoms with Crippen molar-refractivity contribution in [2.45, 2.75) is 5.75 Å². The molecule has 1 amide bonds. The van der Waals surface area contributed by atoms with E-state index in [0.29, 0.717) is 32.2 Å². The molecule has 0 N–H and O–H groups in total. The molecule has 3 aromatic rings. The zero-order valence-electron chi connectivity index (χ0n) is 14.7. The van der Waals surface area contributed by atoms with Gasteiger partial charge in [-0.25, -0.2) is 9.38 Å². The Morgan fingerprint density at radius 1 is 1.14 bits per heavy atom. The second-order valence-corrected chi connectivity index (χ2v) is 7.73. The largest absolute Gasteiger partial charge is 0.364 e. The number of aromatic nitrogens is 1. The summed E-state index contributed by atoms with van der Waals surface area (Å²) in [5.74, 6) is -0.552. The standard InChI is InChI=1S/C20H12Cl2FN3O2S/c21-14-6-5-12(9-15(14)22)10-17-19(27)26(18-4-2-1-3-16(18)23)20(24-17)29-11-13-7-8-28-25-13/h1-10H,11H2/b17-10-. The fraction of sp³-hybridized carbons (Fsp3) is 0.0500. The van der Waals surface area contributed by atoms with E-state index in [-0.39, 0.29) is 11.4 Å². The van der Waals surface area contributed by atoms with Gasteiger partial charge in [0, 0.05) is 11.8 Å². The third kappa shape index (κ3) is 4.22. The molecule has 5 nitrogen and oxygen atoms in total. The average Bonchev–Trinajstić information content (AvgIpc) is 3.32. The number of amides is 1. The van der Waals surface area contributed by atoms with E-state index in [0.717, 1.165) is 0 Å². The van der Waals surface area contributed by atoms with Crippen molar-refractivity contribution < 1.29 is 13.7 Å². The molecule has 1 aromatic heterocycles. The smallest absolute Gasteiger partial charge is 0.283 e. The molecule has 0 aliphatic carbocycles. The van der Waals surface area contributed by atoms with Crippen LogP contribution in [0.1, 0.15) is 11.3 Å². The summed E-state index contributed by atoms with van der Waals surface area (Å²) in [6.07, 6.45) is 3.05. The van der Waals surface area contributed by atoms with Crippen LogP contribution in [0.2, 0.25) is 10.0 Å². The molecule has 1 aliphatic heterocycles. The van der Waals surface area contributed by atoms with Crippen LogP contribution in [0.5, 0.6) is 0 Å². The van der Waals surface area contributed by atoms with Gasteiger partial charge in [0.25, 0.3) is 5.91 Å². The maximum absolute atomic E-state index is 14.4. The SMILES string of the molecule is O=C1/C(=C/c2ccc(Cl)c(Cl)c2)N=C(SCc2ccon2)N1c1ccccc1F. The minimum absolute atomic E-state index is 0.126. The molecule has 0 fully saturated rings. The van der Waals surface area contributed by atoms with Crippen LogP contribution in [0.4, 0.5) is 10.1 Å². The van der Waals surface area contributed by atoms with Crippen molar-refractivity contribution in [2.75, 3.05) is 4.90 Å². The van der Waals surface area contributed by atoms with Crippen LogP contribution in [0.15, 0.2) is 70.0 Å². The van der Waals surface area contributed by atoms with Crippen molar-refractivity contribution in [1.82, 2.24) is 5.16 Å². The molecule has 1 aliphatic rings. The van der Waals surface area contributed by atoms with Crippen LogP contribution < -0.4 is 4.90 Å². The van der Waals surface area contributed by atoms with Gasteiger partial charge in [-0.15, -0.1) is 0 Å². The second-order valence-electron chi connectivity index (χ2n) is 5.97. The Hall–Kier alpha value is -2.61. The number of anilines is 1. The van der Waals surface area contributed by atoms with Gasteiger partial charge in [-0.2, -0.15) is 0 Å². The Balaban J connectivity index is 1.71. The summed E-state index contributed by atoms with van der Waals surface area (Å²) in [6.45, 7) is 0. The maximum Gasteiger partial charge on any atom is 0.283 e. The molecule has 2 aromatic carbocycles. The maximum atomic E-state index is 14.4. The molecule has 2 heterocycles. The van der Waals surface area contributed by atoms with Gasteiger partial charge < -0.3 is 4.52 Å². The number of nitrogens with zero attached hydrogens (tertiary/aromatic N) is 3. The Morgan fingerprint density at radius 2 is 1.97 bits per heavy atom. The quantitative estimate of drug-likeness (QED) is 0.474. The summed E-state index contributed by atoms with van der Waals surface area (Å²) in [7, 11) is 0. The molecule has 0 bridgehead atoms. The predicted molar refractivity (Wildman–Crippen MR) is 114 cm³/mol. The molecule has 29 heavy (non-hydrogen) atoms. The highest BCUT2D eigenvalue weighted by molar-refractivity contribution is 8.13. The van der Waals surface area contributed by atoms with Crippen molar-refractivity contribution in [2.24, 2.45) is 4.99 Å². The normalized spacial score (nSPS) is 15.3. The first kappa shape index (κ1) is 19.7. The summed E-state index contributed by atoms with van der Waals surface area (Å²) in [5.41, 5.74) is 1.62. The van der Waals surface area contributed by atoms with Crippen LogP contribution in [0, 0.1) is 5.82 Å². The third-order valence-corrected chi connectivity index (χ3v) is 5.72. The number of thioether (sulfide) groups is 1. The van der Waals surface area contributed by atoms with E-state index in [1.807, 2.05) is 0 Å². The van der Waals surface area contributed by atoms with Crippen LogP contribution >= 0.6 is 35.0 Å². The van der Waals surface area contributed by atoms with Gasteiger partial charge in [0.05, 0.1) is 21.4 Å². The lowest BCUT2D eigenvalue weighted by atomic mass is 10.2. The van der Waals surface area contributed by atoms with E-state index in [1.165, 1.54) is 35.1 Å². The minimum Gasteiger partial charge on any atom is -0.364 e. The highest BCUT2D eigenvalue weighted by Crippen LogP contribution is 2.32. The molecular weight excluding hydrogens is 436 g/mol. The summed E-state index contributed by atoms with van der Waals surface area (Å²) in [6, 6.07) is 12.7. The van der Waals surface area contributed by atoms with Gasteiger partial charge >= 0.3 is 0 Å². The van der Waals surface area contributed by atoms with Crippen molar-refractivity contribution in [3.63, 3.8) is 0 Å². The Morgan fingerprint density at radius 3 is 2.69 bits per heavy atom. The molecule has 0 spiro atoms. The number of aliphatic imine (C=N–C) groups is 1. The first-order chi connectivity index (χ1) is 14.0. The highest BCUT2D eigenvalue weighted by atomic mass is 35.5. The number of para-hydroxylation sites is 1. The van der Waals surface area contributed by atoms with Crippen molar-refractivity contribution in [1.29, 1.82) is 0 Å². The summed E-state index contributed by atoms with van der Waals surface area (Å²) < 4.78 is 19.2. The van der Waals surface area contributed by atoms with E-state index in [9.17, 15) is 9.18 Å². The van der Waals surface area contributed by atoms with Gasteiger partial charge in [0.15, 0.2) is 5.17 Å². The number of carbonyl (C=O) groups excluding carboxylic acids is 1. The first-order valence-corrected chi connectivity index (χ1v) is 10.1. The van der Waals surface area contributed by atoms with E-state index in [1.54, 1.807) is 42.5 Å². The third-order valence-electron chi connectivity index (χ3n) is 4.01. The predicted octanol–water partition coefficient (Wildman–Crippen LogP) is 5.80. The Bertz CT molecular complexity index is 1130. The minimum atomic E-state index is -0.522. The summed E-state index contributed by atoms with van der Waals surface area (Å²) >= 11 is 13.3. The lowest BCUT2D eigenvalue weighted by Crippen LogP contribution is -2.31. The Labute approximate surface area is 179 Å². The number of hydrogen-bond donors (Lipinski definition) is 0. The second kappa shape index (κ2) is 8.41. The monoisotopic (exact) mass is 447 g/mol. The molecule has 0 atom stereocenters. The van der Waals surface area contributed by atoms with E-state index in [4.69, 9.17) is 27.7 Å².